The Balaban J connectivity index is 1.76. The van der Waals surface area contributed by atoms with Gasteiger partial charge in [0.05, 0.1) is 12.1 Å². The van der Waals surface area contributed by atoms with Gasteiger partial charge in [-0.3, -0.25) is 4.79 Å². The van der Waals surface area contributed by atoms with E-state index in [-0.39, 0.29) is 29.0 Å². The number of aromatic nitrogens is 2. The summed E-state index contributed by atoms with van der Waals surface area (Å²) < 4.78 is 37.0. The van der Waals surface area contributed by atoms with Crippen LogP contribution in [0.2, 0.25) is 0 Å². The third-order valence-electron chi connectivity index (χ3n) is 4.54. The highest BCUT2D eigenvalue weighted by Gasteiger charge is 2.29. The van der Waals surface area contributed by atoms with Crippen molar-refractivity contribution in [2.24, 2.45) is 0 Å². The fourth-order valence-electron chi connectivity index (χ4n) is 3.23. The van der Waals surface area contributed by atoms with Gasteiger partial charge in [-0.25, -0.2) is 22.8 Å². The van der Waals surface area contributed by atoms with Crippen LogP contribution in [0, 0.1) is 5.82 Å². The lowest BCUT2D eigenvalue weighted by atomic mass is 9.94. The SMILES string of the molecule is CS(=O)(=O)c1cncnc1[C@@H]1CCCN(C(=O)Cc2ccc(F)cc2)C1. The number of carbonyl (C=O) groups is 1. The minimum absolute atomic E-state index is 0.0590. The first-order valence-corrected chi connectivity index (χ1v) is 10.3. The maximum Gasteiger partial charge on any atom is 0.227 e. The summed E-state index contributed by atoms with van der Waals surface area (Å²) in [6, 6.07) is 5.86. The van der Waals surface area contributed by atoms with E-state index in [0.29, 0.717) is 18.8 Å². The molecule has 138 valence electrons. The lowest BCUT2D eigenvalue weighted by molar-refractivity contribution is -0.131. The van der Waals surface area contributed by atoms with Crippen molar-refractivity contribution in [1.82, 2.24) is 14.9 Å². The van der Waals surface area contributed by atoms with Crippen LogP contribution in [-0.2, 0) is 21.1 Å². The molecular weight excluding hydrogens is 357 g/mol. The maximum atomic E-state index is 13.0. The zero-order chi connectivity index (χ0) is 18.7. The molecule has 2 aromatic rings. The van der Waals surface area contributed by atoms with Gasteiger partial charge in [0.25, 0.3) is 0 Å². The summed E-state index contributed by atoms with van der Waals surface area (Å²) in [6.07, 6.45) is 5.51. The van der Waals surface area contributed by atoms with Crippen LogP contribution in [0.3, 0.4) is 0 Å². The molecule has 1 saturated heterocycles. The van der Waals surface area contributed by atoms with E-state index in [1.165, 1.54) is 24.7 Å². The molecule has 0 spiro atoms. The molecule has 0 bridgehead atoms. The molecule has 0 N–H and O–H groups in total. The molecule has 0 unspecified atom stereocenters. The van der Waals surface area contributed by atoms with Crippen molar-refractivity contribution in [3.05, 3.63) is 53.9 Å². The van der Waals surface area contributed by atoms with Gasteiger partial charge in [-0.2, -0.15) is 0 Å². The van der Waals surface area contributed by atoms with Gasteiger partial charge >= 0.3 is 0 Å². The van der Waals surface area contributed by atoms with E-state index < -0.39 is 9.84 Å². The number of hydrogen-bond acceptors (Lipinski definition) is 5. The molecule has 0 saturated carbocycles. The minimum Gasteiger partial charge on any atom is -0.342 e. The van der Waals surface area contributed by atoms with Crippen LogP contribution in [0.15, 0.2) is 41.7 Å². The second kappa shape index (κ2) is 7.49. The molecule has 6 nitrogen and oxygen atoms in total. The van der Waals surface area contributed by atoms with Crippen molar-refractivity contribution in [2.75, 3.05) is 19.3 Å². The summed E-state index contributed by atoms with van der Waals surface area (Å²) in [7, 11) is -3.44. The number of nitrogens with zero attached hydrogens (tertiary/aromatic N) is 3. The predicted molar refractivity (Wildman–Crippen MR) is 93.8 cm³/mol. The van der Waals surface area contributed by atoms with Crippen molar-refractivity contribution in [1.29, 1.82) is 0 Å². The van der Waals surface area contributed by atoms with E-state index in [9.17, 15) is 17.6 Å². The zero-order valence-electron chi connectivity index (χ0n) is 14.4. The van der Waals surface area contributed by atoms with Crippen LogP contribution in [0.25, 0.3) is 0 Å². The first-order valence-electron chi connectivity index (χ1n) is 8.37. The number of sulfone groups is 1. The van der Waals surface area contributed by atoms with Gasteiger partial charge in [0.1, 0.15) is 17.0 Å². The van der Waals surface area contributed by atoms with Gasteiger partial charge in [-0.05, 0) is 30.5 Å². The molecule has 1 aromatic heterocycles. The maximum absolute atomic E-state index is 13.0. The van der Waals surface area contributed by atoms with Crippen LogP contribution in [0.1, 0.15) is 30.0 Å². The smallest absolute Gasteiger partial charge is 0.227 e. The zero-order valence-corrected chi connectivity index (χ0v) is 15.2. The fraction of sp³-hybridized carbons (Fsp3) is 0.389. The van der Waals surface area contributed by atoms with Gasteiger partial charge in [-0.15, -0.1) is 0 Å². The number of likely N-dealkylation sites (tertiary alicyclic amines) is 1. The molecule has 1 aromatic carbocycles. The monoisotopic (exact) mass is 377 g/mol. The molecule has 3 rings (SSSR count). The minimum atomic E-state index is -3.44. The first-order chi connectivity index (χ1) is 12.3. The predicted octanol–water partition coefficient (Wildman–Crippen LogP) is 1.97. The topological polar surface area (TPSA) is 80.2 Å². The molecule has 26 heavy (non-hydrogen) atoms. The van der Waals surface area contributed by atoms with Crippen LogP contribution < -0.4 is 0 Å². The molecule has 8 heteroatoms. The van der Waals surface area contributed by atoms with E-state index in [1.54, 1.807) is 17.0 Å². The van der Waals surface area contributed by atoms with E-state index in [4.69, 9.17) is 0 Å². The Labute approximate surface area is 152 Å². The van der Waals surface area contributed by atoms with E-state index in [0.717, 1.165) is 24.7 Å². The Kier molecular flexibility index (Phi) is 5.31. The Morgan fingerprint density at radius 3 is 2.73 bits per heavy atom. The summed E-state index contributed by atoms with van der Waals surface area (Å²) in [4.78, 5) is 22.5. The molecule has 1 amide bonds. The van der Waals surface area contributed by atoms with Gasteiger partial charge in [0, 0.05) is 31.5 Å². The highest BCUT2D eigenvalue weighted by molar-refractivity contribution is 7.90. The number of hydrogen-bond donors (Lipinski definition) is 0. The van der Waals surface area contributed by atoms with E-state index >= 15 is 0 Å². The Hall–Kier alpha value is -2.35. The average Bonchev–Trinajstić information content (AvgIpc) is 2.63. The number of amides is 1. The quantitative estimate of drug-likeness (QED) is 0.814. The van der Waals surface area contributed by atoms with Gasteiger partial charge in [0.15, 0.2) is 9.84 Å². The second-order valence-electron chi connectivity index (χ2n) is 6.53. The Morgan fingerprint density at radius 2 is 2.04 bits per heavy atom. The Morgan fingerprint density at radius 1 is 1.31 bits per heavy atom. The van der Waals surface area contributed by atoms with Crippen molar-refractivity contribution >= 4 is 15.7 Å². The summed E-state index contributed by atoms with van der Waals surface area (Å²) in [5, 5.41) is 0. The van der Waals surface area contributed by atoms with Crippen molar-refractivity contribution < 1.29 is 17.6 Å². The van der Waals surface area contributed by atoms with E-state index in [2.05, 4.69) is 9.97 Å². The van der Waals surface area contributed by atoms with Gasteiger partial charge < -0.3 is 4.90 Å². The second-order valence-corrected chi connectivity index (χ2v) is 8.51. The summed E-state index contributed by atoms with van der Waals surface area (Å²) in [5.74, 6) is -0.541. The highest BCUT2D eigenvalue weighted by atomic mass is 32.2. The first kappa shape index (κ1) is 18.4. The van der Waals surface area contributed by atoms with E-state index in [1.807, 2.05) is 0 Å². The number of rotatable bonds is 4. The molecule has 2 heterocycles. The number of halogens is 1. The number of carbonyl (C=O) groups excluding carboxylic acids is 1. The number of benzene rings is 1. The molecule has 0 radical (unpaired) electrons. The molecule has 1 aliphatic heterocycles. The lowest BCUT2D eigenvalue weighted by Crippen LogP contribution is -2.40. The van der Waals surface area contributed by atoms with Crippen LogP contribution in [0.4, 0.5) is 4.39 Å². The largest absolute Gasteiger partial charge is 0.342 e. The molecule has 0 aliphatic carbocycles. The summed E-state index contributed by atoms with van der Waals surface area (Å²) in [5.41, 5.74) is 1.22. The third kappa shape index (κ3) is 4.24. The lowest BCUT2D eigenvalue weighted by Gasteiger charge is -2.33. The van der Waals surface area contributed by atoms with Gasteiger partial charge in [-0.1, -0.05) is 12.1 Å². The number of piperidine rings is 1. The highest BCUT2D eigenvalue weighted by Crippen LogP contribution is 2.29. The van der Waals surface area contributed by atoms with Gasteiger partial charge in [0.2, 0.25) is 5.91 Å². The molecule has 1 fully saturated rings. The van der Waals surface area contributed by atoms with Crippen LogP contribution in [-0.4, -0.2) is 48.5 Å². The molecular formula is C18H20FN3O3S. The van der Waals surface area contributed by atoms with Crippen molar-refractivity contribution in [3.8, 4) is 0 Å². The Bertz CT molecular complexity index is 900. The molecule has 1 aliphatic rings. The normalized spacial score (nSPS) is 17.9. The van der Waals surface area contributed by atoms with Crippen molar-refractivity contribution in [2.45, 2.75) is 30.1 Å². The summed E-state index contributed by atoms with van der Waals surface area (Å²) in [6.45, 7) is 1.04. The van der Waals surface area contributed by atoms with Crippen LogP contribution in [0.5, 0.6) is 0 Å². The molecule has 1 atom stereocenters. The third-order valence-corrected chi connectivity index (χ3v) is 5.65. The van der Waals surface area contributed by atoms with Crippen LogP contribution >= 0.6 is 0 Å². The summed E-state index contributed by atoms with van der Waals surface area (Å²) >= 11 is 0. The standard InChI is InChI=1S/C18H20FN3O3S/c1-26(24,25)16-10-20-12-21-18(16)14-3-2-8-22(11-14)17(23)9-13-4-6-15(19)7-5-13/h4-7,10,12,14H,2-3,8-9,11H2,1H3/t14-/m1/s1. The fourth-order valence-corrected chi connectivity index (χ4v) is 4.09. The van der Waals surface area contributed by atoms with Crippen molar-refractivity contribution in [3.63, 3.8) is 0 Å². The average molecular weight is 377 g/mol.